The Balaban J connectivity index is 1.84. The topological polar surface area (TPSA) is 136 Å². The van der Waals surface area contributed by atoms with Crippen molar-refractivity contribution in [3.8, 4) is 11.6 Å². The first-order valence-corrected chi connectivity index (χ1v) is 9.65. The van der Waals surface area contributed by atoms with Gasteiger partial charge in [0.05, 0.1) is 22.4 Å². The normalized spacial score (nSPS) is 11.6. The molecule has 4 aromatic rings. The van der Waals surface area contributed by atoms with Crippen molar-refractivity contribution < 1.29 is 5.11 Å². The zero-order valence-corrected chi connectivity index (χ0v) is 17.5. The van der Waals surface area contributed by atoms with E-state index in [2.05, 4.69) is 35.9 Å². The summed E-state index contributed by atoms with van der Waals surface area (Å²) in [4.78, 5) is 47.8. The molecule has 0 atom stereocenters. The number of rotatable bonds is 3. The van der Waals surface area contributed by atoms with Crippen LogP contribution in [0, 0.1) is 13.8 Å². The van der Waals surface area contributed by atoms with E-state index in [0.29, 0.717) is 26.9 Å². The second-order valence-electron chi connectivity index (χ2n) is 6.79. The van der Waals surface area contributed by atoms with Gasteiger partial charge < -0.3 is 15.1 Å². The van der Waals surface area contributed by atoms with Crippen LogP contribution in [0.2, 0.25) is 0 Å². The van der Waals surface area contributed by atoms with Gasteiger partial charge in [0.1, 0.15) is 5.56 Å². The molecule has 4 rings (SSSR count). The van der Waals surface area contributed by atoms with Gasteiger partial charge in [-0.05, 0) is 71.2 Å². The minimum atomic E-state index is -0.773. The highest BCUT2D eigenvalue weighted by Gasteiger charge is 2.17. The van der Waals surface area contributed by atoms with Gasteiger partial charge >= 0.3 is 11.4 Å². The molecule has 10 heteroatoms. The number of aliphatic imine (C=N–C) groups is 1. The Morgan fingerprint density at radius 1 is 1.00 bits per heavy atom. The van der Waals surface area contributed by atoms with E-state index in [0.717, 1.165) is 15.7 Å². The predicted octanol–water partition coefficient (Wildman–Crippen LogP) is 2.53. The number of nitrogens with zero attached hydrogens (tertiary/aromatic N) is 2. The van der Waals surface area contributed by atoms with Crippen molar-refractivity contribution in [3.63, 3.8) is 0 Å². The van der Waals surface area contributed by atoms with Gasteiger partial charge in [0.2, 0.25) is 5.88 Å². The highest BCUT2D eigenvalue weighted by Crippen LogP contribution is 2.27. The van der Waals surface area contributed by atoms with Crippen LogP contribution in [-0.4, -0.2) is 30.8 Å². The molecule has 0 aliphatic rings. The number of imidazole rings is 1. The van der Waals surface area contributed by atoms with Crippen LogP contribution in [-0.2, 0) is 0 Å². The Morgan fingerprint density at radius 3 is 2.47 bits per heavy atom. The lowest BCUT2D eigenvalue weighted by Crippen LogP contribution is -2.31. The molecule has 0 saturated carbocycles. The van der Waals surface area contributed by atoms with Crippen LogP contribution in [0.3, 0.4) is 0 Å². The summed E-state index contributed by atoms with van der Waals surface area (Å²) in [5.41, 5.74) is 1.86. The number of fused-ring (bicyclic) bond motifs is 1. The van der Waals surface area contributed by atoms with E-state index in [-0.39, 0.29) is 11.3 Å². The molecule has 0 bridgehead atoms. The maximum atomic E-state index is 12.4. The number of hydrogen-bond donors (Lipinski definition) is 4. The molecule has 152 valence electrons. The van der Waals surface area contributed by atoms with Gasteiger partial charge in [-0.1, -0.05) is 0 Å². The van der Waals surface area contributed by atoms with Crippen LogP contribution < -0.4 is 16.9 Å². The van der Waals surface area contributed by atoms with E-state index < -0.39 is 17.1 Å². The van der Waals surface area contributed by atoms with Crippen molar-refractivity contribution in [2.24, 2.45) is 4.99 Å². The third-order valence-corrected chi connectivity index (χ3v) is 5.40. The van der Waals surface area contributed by atoms with Crippen LogP contribution in [0.25, 0.3) is 16.7 Å². The molecule has 2 heterocycles. The molecule has 0 aliphatic carbocycles. The average Bonchev–Trinajstić information content (AvgIpc) is 3.04. The van der Waals surface area contributed by atoms with Gasteiger partial charge in [-0.2, -0.15) is 0 Å². The number of aromatic nitrogens is 4. The van der Waals surface area contributed by atoms with E-state index in [4.69, 9.17) is 0 Å². The predicted molar refractivity (Wildman–Crippen MR) is 118 cm³/mol. The second-order valence-corrected chi connectivity index (χ2v) is 7.64. The molecule has 0 aliphatic heterocycles. The summed E-state index contributed by atoms with van der Waals surface area (Å²) in [5, 5.41) is 10.7. The fourth-order valence-corrected chi connectivity index (χ4v) is 3.69. The van der Waals surface area contributed by atoms with E-state index in [1.54, 1.807) is 24.3 Å². The number of nitrogens with one attached hydrogen (secondary N) is 3. The Hall–Kier alpha value is -3.66. The smallest absolute Gasteiger partial charge is 0.335 e. The summed E-state index contributed by atoms with van der Waals surface area (Å²) in [6, 6.07) is 8.48. The quantitative estimate of drug-likeness (QED) is 0.342. The van der Waals surface area contributed by atoms with Crippen LogP contribution >= 0.6 is 15.9 Å². The Labute approximate surface area is 176 Å². The highest BCUT2D eigenvalue weighted by molar-refractivity contribution is 9.10. The molecule has 2 aromatic carbocycles. The summed E-state index contributed by atoms with van der Waals surface area (Å²) in [5.74, 6) is -0.535. The van der Waals surface area contributed by atoms with E-state index >= 15 is 0 Å². The molecule has 4 N–H and O–H groups in total. The first-order chi connectivity index (χ1) is 14.2. The van der Waals surface area contributed by atoms with Crippen LogP contribution in [0.15, 0.2) is 54.2 Å². The van der Waals surface area contributed by atoms with Gasteiger partial charge in [0, 0.05) is 10.7 Å². The number of aromatic amines is 3. The van der Waals surface area contributed by atoms with Crippen LogP contribution in [0.1, 0.15) is 16.7 Å². The number of benzene rings is 2. The number of aromatic hydroxyl groups is 1. The molecule has 0 amide bonds. The summed E-state index contributed by atoms with van der Waals surface area (Å²) < 4.78 is 1.59. The molecular formula is C20H16BrN5O4. The number of hydrogen-bond acceptors (Lipinski definition) is 5. The molecule has 0 unspecified atom stereocenters. The summed E-state index contributed by atoms with van der Waals surface area (Å²) in [6.07, 6.45) is 1.17. The minimum Gasteiger partial charge on any atom is -0.493 e. The van der Waals surface area contributed by atoms with Gasteiger partial charge in [-0.3, -0.25) is 14.8 Å². The lowest BCUT2D eigenvalue weighted by Gasteiger charge is -2.13. The lowest BCUT2D eigenvalue weighted by molar-refractivity contribution is 0.430. The van der Waals surface area contributed by atoms with Crippen molar-refractivity contribution >= 4 is 38.9 Å². The van der Waals surface area contributed by atoms with Crippen molar-refractivity contribution in [2.75, 3.05) is 0 Å². The molecule has 0 fully saturated rings. The fraction of sp³-hybridized carbons (Fsp3) is 0.100. The van der Waals surface area contributed by atoms with Gasteiger partial charge in [0.25, 0.3) is 5.56 Å². The van der Waals surface area contributed by atoms with Gasteiger partial charge in [0.15, 0.2) is 0 Å². The summed E-state index contributed by atoms with van der Waals surface area (Å²) in [6.45, 7) is 3.80. The maximum absolute atomic E-state index is 12.4. The first-order valence-electron chi connectivity index (χ1n) is 8.86. The zero-order chi connectivity index (χ0) is 21.6. The highest BCUT2D eigenvalue weighted by atomic mass is 79.9. The fourth-order valence-electron chi connectivity index (χ4n) is 3.06. The Bertz CT molecular complexity index is 1510. The van der Waals surface area contributed by atoms with E-state index in [1.165, 1.54) is 6.21 Å². The van der Waals surface area contributed by atoms with Crippen LogP contribution in [0.4, 0.5) is 5.69 Å². The molecule has 0 spiro atoms. The number of aryl methyl sites for hydroxylation is 2. The SMILES string of the molecule is Cc1cc(Br)c(-n2c(O)c(C=Nc3ccc4[nH]c(=O)[nH]c4c3)c(=O)[nH]c2=O)cc1C. The molecule has 2 aromatic heterocycles. The van der Waals surface area contributed by atoms with E-state index in [9.17, 15) is 19.5 Å². The first kappa shape index (κ1) is 19.6. The average molecular weight is 470 g/mol. The third-order valence-electron chi connectivity index (χ3n) is 4.77. The largest absolute Gasteiger partial charge is 0.493 e. The lowest BCUT2D eigenvalue weighted by atomic mass is 10.1. The third kappa shape index (κ3) is 3.41. The molecule has 0 radical (unpaired) electrons. The van der Waals surface area contributed by atoms with Crippen molar-refractivity contribution in [1.29, 1.82) is 0 Å². The summed E-state index contributed by atoms with van der Waals surface area (Å²) >= 11 is 3.40. The molecule has 30 heavy (non-hydrogen) atoms. The van der Waals surface area contributed by atoms with Gasteiger partial charge in [-0.25, -0.2) is 14.2 Å². The number of H-pyrrole nitrogens is 3. The molecule has 9 nitrogen and oxygen atoms in total. The van der Waals surface area contributed by atoms with Crippen molar-refractivity contribution in [1.82, 2.24) is 19.5 Å². The number of halogens is 1. The van der Waals surface area contributed by atoms with Gasteiger partial charge in [-0.15, -0.1) is 0 Å². The minimum absolute atomic E-state index is 0.178. The maximum Gasteiger partial charge on any atom is 0.335 e. The van der Waals surface area contributed by atoms with Crippen molar-refractivity contribution in [2.45, 2.75) is 13.8 Å². The monoisotopic (exact) mass is 469 g/mol. The molecular weight excluding hydrogens is 454 g/mol. The standard InChI is InChI=1S/C20H16BrN5O4/c1-9-5-13(21)16(6-10(9)2)26-18(28)12(17(27)25-20(26)30)8-22-11-3-4-14-15(7-11)24-19(29)23-14/h3-8,28H,1-2H3,(H2,23,24,29)(H,25,27,30). The zero-order valence-electron chi connectivity index (χ0n) is 15.9. The second kappa shape index (κ2) is 7.30. The van der Waals surface area contributed by atoms with E-state index in [1.807, 2.05) is 19.9 Å². The Morgan fingerprint density at radius 2 is 1.70 bits per heavy atom. The Kier molecular flexibility index (Phi) is 4.78. The molecule has 0 saturated heterocycles. The summed E-state index contributed by atoms with van der Waals surface area (Å²) in [7, 11) is 0. The van der Waals surface area contributed by atoms with Crippen molar-refractivity contribution in [3.05, 3.63) is 82.8 Å². The van der Waals surface area contributed by atoms with Crippen LogP contribution in [0.5, 0.6) is 5.88 Å².